The number of carboxylic acid groups (broad SMARTS) is 1. The average Bonchev–Trinajstić information content (AvgIpc) is 2.91. The molecule has 2 aromatic rings. The molecule has 4 atom stereocenters. The first-order chi connectivity index (χ1) is 19.0. The van der Waals surface area contributed by atoms with E-state index in [1.807, 2.05) is 50.4 Å². The molecule has 0 saturated carbocycles. The number of aliphatic carboxylic acids is 1. The molecule has 11 heteroatoms. The Labute approximate surface area is 239 Å². The molecule has 7 N–H and O–H groups in total. The van der Waals surface area contributed by atoms with E-state index in [1.54, 1.807) is 23.9 Å². The fourth-order valence-electron chi connectivity index (χ4n) is 4.03. The number of rotatable bonds is 16. The lowest BCUT2D eigenvalue weighted by atomic mass is 10.0. The highest BCUT2D eigenvalue weighted by molar-refractivity contribution is 7.98. The van der Waals surface area contributed by atoms with Crippen LogP contribution in [0.1, 0.15) is 37.8 Å². The van der Waals surface area contributed by atoms with E-state index in [0.29, 0.717) is 17.7 Å². The van der Waals surface area contributed by atoms with E-state index in [1.165, 1.54) is 12.1 Å². The maximum absolute atomic E-state index is 13.6. The van der Waals surface area contributed by atoms with Crippen LogP contribution < -0.4 is 21.7 Å². The molecule has 0 saturated heterocycles. The number of aromatic hydroxyl groups is 1. The first-order valence-corrected chi connectivity index (χ1v) is 14.6. The Morgan fingerprint density at radius 3 is 1.80 bits per heavy atom. The Hall–Kier alpha value is -3.57. The summed E-state index contributed by atoms with van der Waals surface area (Å²) < 4.78 is 0. The molecule has 0 heterocycles. The highest BCUT2D eigenvalue weighted by Crippen LogP contribution is 2.13. The van der Waals surface area contributed by atoms with E-state index >= 15 is 0 Å². The Morgan fingerprint density at radius 1 is 0.800 bits per heavy atom. The number of phenols is 1. The van der Waals surface area contributed by atoms with Crippen LogP contribution in [0.2, 0.25) is 0 Å². The van der Waals surface area contributed by atoms with Crippen molar-refractivity contribution >= 4 is 35.5 Å². The summed E-state index contributed by atoms with van der Waals surface area (Å²) in [5.41, 5.74) is 7.46. The summed E-state index contributed by atoms with van der Waals surface area (Å²) in [6.07, 6.45) is 2.75. The molecule has 0 aliphatic rings. The Kier molecular flexibility index (Phi) is 13.5. The second-order valence-corrected chi connectivity index (χ2v) is 11.1. The smallest absolute Gasteiger partial charge is 0.326 e. The number of thioether (sulfide) groups is 1. The number of carbonyl (C=O) groups excluding carboxylic acids is 3. The molecule has 0 fully saturated rings. The number of carboxylic acids is 1. The van der Waals surface area contributed by atoms with Gasteiger partial charge in [-0.3, -0.25) is 14.4 Å². The van der Waals surface area contributed by atoms with Crippen molar-refractivity contribution in [3.05, 3.63) is 65.7 Å². The molecule has 0 bridgehead atoms. The Morgan fingerprint density at radius 2 is 1.30 bits per heavy atom. The van der Waals surface area contributed by atoms with Crippen LogP contribution in [0.25, 0.3) is 0 Å². The summed E-state index contributed by atoms with van der Waals surface area (Å²) >= 11 is 1.56. The van der Waals surface area contributed by atoms with Crippen LogP contribution in [0.4, 0.5) is 0 Å². The van der Waals surface area contributed by atoms with E-state index in [2.05, 4.69) is 16.0 Å². The third-order valence-corrected chi connectivity index (χ3v) is 6.86. The number of phenolic OH excluding ortho intramolecular Hbond substituents is 1. The van der Waals surface area contributed by atoms with Gasteiger partial charge in [0.15, 0.2) is 0 Å². The maximum atomic E-state index is 13.6. The molecule has 2 rings (SSSR count). The second kappa shape index (κ2) is 16.5. The molecule has 0 aliphatic heterocycles. The van der Waals surface area contributed by atoms with Crippen LogP contribution in [0, 0.1) is 5.92 Å². The summed E-state index contributed by atoms with van der Waals surface area (Å²) in [4.78, 5) is 51.5. The van der Waals surface area contributed by atoms with Gasteiger partial charge in [-0.15, -0.1) is 0 Å². The summed E-state index contributed by atoms with van der Waals surface area (Å²) in [5, 5.41) is 27.3. The summed E-state index contributed by atoms with van der Waals surface area (Å²) in [7, 11) is 0. The van der Waals surface area contributed by atoms with Crippen LogP contribution in [-0.2, 0) is 32.0 Å². The van der Waals surface area contributed by atoms with Crippen LogP contribution in [0.5, 0.6) is 5.75 Å². The predicted molar refractivity (Wildman–Crippen MR) is 156 cm³/mol. The van der Waals surface area contributed by atoms with Gasteiger partial charge in [0.1, 0.15) is 23.9 Å². The number of hydrogen-bond acceptors (Lipinski definition) is 7. The molecule has 0 spiro atoms. The molecule has 4 unspecified atom stereocenters. The van der Waals surface area contributed by atoms with Gasteiger partial charge in [0, 0.05) is 12.8 Å². The number of hydrogen-bond donors (Lipinski definition) is 6. The minimum Gasteiger partial charge on any atom is -0.508 e. The number of nitrogens with two attached hydrogens (primary N) is 1. The van der Waals surface area contributed by atoms with Crippen LogP contribution >= 0.6 is 11.8 Å². The molecule has 0 aliphatic carbocycles. The zero-order valence-corrected chi connectivity index (χ0v) is 23.9. The maximum Gasteiger partial charge on any atom is 0.326 e. The summed E-state index contributed by atoms with van der Waals surface area (Å²) in [5.74, 6) is -2.20. The lowest BCUT2D eigenvalue weighted by Gasteiger charge is -2.26. The van der Waals surface area contributed by atoms with E-state index in [-0.39, 0.29) is 30.9 Å². The molecular formula is C29H40N4O6S. The normalized spacial score (nSPS) is 14.0. The molecule has 2 aromatic carbocycles. The third kappa shape index (κ3) is 11.3. The van der Waals surface area contributed by atoms with E-state index in [0.717, 1.165) is 5.56 Å². The largest absolute Gasteiger partial charge is 0.508 e. The molecule has 0 radical (unpaired) electrons. The number of carbonyl (C=O) groups is 4. The minimum atomic E-state index is -1.18. The molecule has 0 aromatic heterocycles. The highest BCUT2D eigenvalue weighted by atomic mass is 32.2. The van der Waals surface area contributed by atoms with Crippen molar-refractivity contribution in [3.8, 4) is 5.75 Å². The first-order valence-electron chi connectivity index (χ1n) is 13.2. The standard InChI is InChI=1S/C29H40N4O6S/c1-18(2)15-25(29(38)39)33-28(37)24(17-20-9-11-21(34)12-10-20)32-27(36)23(16-19-7-5-4-6-8-19)31-26(35)22(30)13-14-40-3/h4-12,18,22-25,34H,13-17,30H2,1-3H3,(H,31,35)(H,32,36)(H,33,37)(H,38,39). The quantitative estimate of drug-likeness (QED) is 0.177. The zero-order valence-electron chi connectivity index (χ0n) is 23.1. The lowest BCUT2D eigenvalue weighted by molar-refractivity contribution is -0.142. The van der Waals surface area contributed by atoms with Gasteiger partial charge in [0.05, 0.1) is 6.04 Å². The topological polar surface area (TPSA) is 171 Å². The van der Waals surface area contributed by atoms with Crippen LogP contribution in [-0.4, -0.2) is 70.1 Å². The Balaban J connectivity index is 2.31. The van der Waals surface area contributed by atoms with Gasteiger partial charge in [-0.1, -0.05) is 56.3 Å². The van der Waals surface area contributed by atoms with Gasteiger partial charge in [-0.05, 0) is 54.0 Å². The number of amides is 3. The van der Waals surface area contributed by atoms with Crippen molar-refractivity contribution < 1.29 is 29.4 Å². The monoisotopic (exact) mass is 572 g/mol. The van der Waals surface area contributed by atoms with Crippen LogP contribution in [0.3, 0.4) is 0 Å². The van der Waals surface area contributed by atoms with Gasteiger partial charge in [0.2, 0.25) is 17.7 Å². The predicted octanol–water partition coefficient (Wildman–Crippen LogP) is 1.84. The number of nitrogens with one attached hydrogen (secondary N) is 3. The molecular weight excluding hydrogens is 532 g/mol. The second-order valence-electron chi connectivity index (χ2n) is 10.1. The van der Waals surface area contributed by atoms with Crippen LogP contribution in [0.15, 0.2) is 54.6 Å². The van der Waals surface area contributed by atoms with Crippen molar-refractivity contribution in [2.24, 2.45) is 11.7 Å². The van der Waals surface area contributed by atoms with Gasteiger partial charge < -0.3 is 31.9 Å². The average molecular weight is 573 g/mol. The van der Waals surface area contributed by atoms with Crippen molar-refractivity contribution in [2.75, 3.05) is 12.0 Å². The van der Waals surface area contributed by atoms with E-state index in [9.17, 15) is 29.4 Å². The summed E-state index contributed by atoms with van der Waals surface area (Å²) in [6.45, 7) is 3.69. The van der Waals surface area contributed by atoms with E-state index < -0.39 is 47.9 Å². The van der Waals surface area contributed by atoms with E-state index in [4.69, 9.17) is 5.73 Å². The number of benzene rings is 2. The van der Waals surface area contributed by atoms with Crippen molar-refractivity contribution in [1.29, 1.82) is 0 Å². The van der Waals surface area contributed by atoms with Gasteiger partial charge in [0.25, 0.3) is 0 Å². The molecule has 3 amide bonds. The highest BCUT2D eigenvalue weighted by Gasteiger charge is 2.31. The fourth-order valence-corrected chi connectivity index (χ4v) is 4.52. The van der Waals surface area contributed by atoms with Gasteiger partial charge in [-0.2, -0.15) is 11.8 Å². The van der Waals surface area contributed by atoms with Crippen molar-refractivity contribution in [1.82, 2.24) is 16.0 Å². The van der Waals surface area contributed by atoms with Gasteiger partial charge in [-0.25, -0.2) is 4.79 Å². The molecule has 40 heavy (non-hydrogen) atoms. The lowest BCUT2D eigenvalue weighted by Crippen LogP contribution is -2.58. The van der Waals surface area contributed by atoms with Crippen molar-refractivity contribution in [3.63, 3.8) is 0 Å². The molecule has 10 nitrogen and oxygen atoms in total. The zero-order chi connectivity index (χ0) is 29.7. The minimum absolute atomic E-state index is 0.00678. The summed E-state index contributed by atoms with van der Waals surface area (Å²) in [6, 6.07) is 11.1. The Bertz CT molecular complexity index is 1110. The van der Waals surface area contributed by atoms with Gasteiger partial charge >= 0.3 is 5.97 Å². The first kappa shape index (κ1) is 32.6. The van der Waals surface area contributed by atoms with Crippen molar-refractivity contribution in [2.45, 2.75) is 63.7 Å². The SMILES string of the molecule is CSCCC(N)C(=O)NC(Cc1ccccc1)C(=O)NC(Cc1ccc(O)cc1)C(=O)NC(CC(C)C)C(=O)O. The third-order valence-electron chi connectivity index (χ3n) is 6.22. The molecule has 218 valence electrons. The fraction of sp³-hybridized carbons (Fsp3) is 0.448.